The van der Waals surface area contributed by atoms with Gasteiger partial charge < -0.3 is 5.32 Å². The van der Waals surface area contributed by atoms with Gasteiger partial charge in [0.1, 0.15) is 4.90 Å². The highest BCUT2D eigenvalue weighted by Crippen LogP contribution is 2.26. The zero-order chi connectivity index (χ0) is 13.9. The third-order valence-corrected chi connectivity index (χ3v) is 4.78. The molecule has 0 bridgehead atoms. The first-order valence-electron chi connectivity index (χ1n) is 6.91. The number of benzene rings is 1. The molecule has 1 aromatic carbocycles. The number of para-hydroxylation sites is 1. The number of hydrogen-bond donors (Lipinski definition) is 2. The fourth-order valence-electron chi connectivity index (χ4n) is 2.07. The van der Waals surface area contributed by atoms with Crippen LogP contribution in [0.1, 0.15) is 39.5 Å². The van der Waals surface area contributed by atoms with Crippen molar-refractivity contribution in [2.75, 3.05) is 5.32 Å². The van der Waals surface area contributed by atoms with Gasteiger partial charge in [0.15, 0.2) is 0 Å². The Kier molecular flexibility index (Phi) is 4.47. The second-order valence-electron chi connectivity index (χ2n) is 5.23. The fourth-order valence-corrected chi connectivity index (χ4v) is 3.55. The number of sulfonamides is 1. The summed E-state index contributed by atoms with van der Waals surface area (Å²) in [4.78, 5) is 0.352. The highest BCUT2D eigenvalue weighted by molar-refractivity contribution is 7.89. The zero-order valence-electron chi connectivity index (χ0n) is 11.5. The van der Waals surface area contributed by atoms with Crippen LogP contribution in [0.2, 0.25) is 0 Å². The largest absolute Gasteiger partial charge is 0.381 e. The molecule has 0 aromatic heterocycles. The number of anilines is 1. The van der Waals surface area contributed by atoms with Gasteiger partial charge in [-0.15, -0.1) is 0 Å². The fraction of sp³-hybridized carbons (Fsp3) is 0.571. The third-order valence-electron chi connectivity index (χ3n) is 3.20. The van der Waals surface area contributed by atoms with Gasteiger partial charge in [0, 0.05) is 12.1 Å². The Hall–Kier alpha value is -1.07. The Morgan fingerprint density at radius 3 is 2.63 bits per heavy atom. The molecule has 4 nitrogen and oxygen atoms in total. The van der Waals surface area contributed by atoms with Crippen molar-refractivity contribution < 1.29 is 8.42 Å². The molecule has 106 valence electrons. The smallest absolute Gasteiger partial charge is 0.242 e. The Morgan fingerprint density at radius 2 is 2.00 bits per heavy atom. The standard InChI is InChI=1S/C14H22N2O2S/c1-3-6-11(2)15-13-7-4-5-8-14(13)19(17,18)16-12-9-10-12/h4-5,7-8,11-12,15-16H,3,6,9-10H2,1-2H3. The molecule has 0 heterocycles. The molecule has 5 heteroatoms. The van der Waals surface area contributed by atoms with E-state index in [9.17, 15) is 8.42 Å². The second kappa shape index (κ2) is 5.92. The lowest BCUT2D eigenvalue weighted by Crippen LogP contribution is -2.27. The first-order valence-corrected chi connectivity index (χ1v) is 8.39. The van der Waals surface area contributed by atoms with Gasteiger partial charge in [0.2, 0.25) is 10.0 Å². The van der Waals surface area contributed by atoms with Gasteiger partial charge in [-0.1, -0.05) is 25.5 Å². The van der Waals surface area contributed by atoms with E-state index in [0.29, 0.717) is 10.6 Å². The van der Waals surface area contributed by atoms with E-state index in [1.54, 1.807) is 12.1 Å². The van der Waals surface area contributed by atoms with Gasteiger partial charge in [-0.05, 0) is 38.3 Å². The van der Waals surface area contributed by atoms with E-state index >= 15 is 0 Å². The molecule has 1 aliphatic carbocycles. The molecule has 0 amide bonds. The molecule has 1 aliphatic rings. The first kappa shape index (κ1) is 14.3. The molecule has 2 N–H and O–H groups in total. The van der Waals surface area contributed by atoms with Crippen LogP contribution in [0.4, 0.5) is 5.69 Å². The van der Waals surface area contributed by atoms with Crippen molar-refractivity contribution in [3.05, 3.63) is 24.3 Å². The predicted molar refractivity (Wildman–Crippen MR) is 77.8 cm³/mol. The Balaban J connectivity index is 2.19. The molecule has 1 aromatic rings. The van der Waals surface area contributed by atoms with Gasteiger partial charge >= 0.3 is 0 Å². The van der Waals surface area contributed by atoms with Crippen LogP contribution in [-0.4, -0.2) is 20.5 Å². The molecule has 1 unspecified atom stereocenters. The summed E-state index contributed by atoms with van der Waals surface area (Å²) in [6.45, 7) is 4.19. The van der Waals surface area contributed by atoms with Crippen LogP contribution >= 0.6 is 0 Å². The van der Waals surface area contributed by atoms with E-state index < -0.39 is 10.0 Å². The molecule has 0 aliphatic heterocycles. The molecular formula is C14H22N2O2S. The van der Waals surface area contributed by atoms with Crippen LogP contribution in [0.25, 0.3) is 0 Å². The van der Waals surface area contributed by atoms with Crippen LogP contribution in [0.3, 0.4) is 0 Å². The van der Waals surface area contributed by atoms with Crippen molar-refractivity contribution in [1.29, 1.82) is 0 Å². The van der Waals surface area contributed by atoms with Crippen LogP contribution in [0, 0.1) is 0 Å². The highest BCUT2D eigenvalue weighted by Gasteiger charge is 2.29. The predicted octanol–water partition coefficient (Wildman–Crippen LogP) is 2.73. The molecule has 0 radical (unpaired) electrons. The maximum atomic E-state index is 12.3. The quantitative estimate of drug-likeness (QED) is 0.808. The lowest BCUT2D eigenvalue weighted by Gasteiger charge is -2.17. The summed E-state index contributed by atoms with van der Waals surface area (Å²) >= 11 is 0. The molecule has 0 spiro atoms. The Bertz CT molecular complexity index is 524. The Morgan fingerprint density at radius 1 is 1.32 bits per heavy atom. The SMILES string of the molecule is CCCC(C)Nc1ccccc1S(=O)(=O)NC1CC1. The van der Waals surface area contributed by atoms with E-state index in [4.69, 9.17) is 0 Å². The van der Waals surface area contributed by atoms with Crippen LogP contribution < -0.4 is 10.0 Å². The summed E-state index contributed by atoms with van der Waals surface area (Å²) in [5.41, 5.74) is 0.691. The summed E-state index contributed by atoms with van der Waals surface area (Å²) in [6.07, 6.45) is 3.98. The monoisotopic (exact) mass is 282 g/mol. The minimum atomic E-state index is -3.40. The summed E-state index contributed by atoms with van der Waals surface area (Å²) in [6, 6.07) is 7.50. The number of hydrogen-bond acceptors (Lipinski definition) is 3. The zero-order valence-corrected chi connectivity index (χ0v) is 12.3. The van der Waals surface area contributed by atoms with Crippen molar-refractivity contribution in [2.45, 2.75) is 56.5 Å². The van der Waals surface area contributed by atoms with Crippen LogP contribution in [-0.2, 0) is 10.0 Å². The lowest BCUT2D eigenvalue weighted by atomic mass is 10.2. The summed E-state index contributed by atoms with van der Waals surface area (Å²) in [7, 11) is -3.40. The van der Waals surface area contributed by atoms with Crippen LogP contribution in [0.5, 0.6) is 0 Å². The summed E-state index contributed by atoms with van der Waals surface area (Å²) < 4.78 is 27.3. The van der Waals surface area contributed by atoms with Gasteiger partial charge in [-0.25, -0.2) is 13.1 Å². The van der Waals surface area contributed by atoms with Crippen LogP contribution in [0.15, 0.2) is 29.2 Å². The van der Waals surface area contributed by atoms with Crippen molar-refractivity contribution >= 4 is 15.7 Å². The molecular weight excluding hydrogens is 260 g/mol. The normalized spacial score (nSPS) is 17.2. The molecule has 1 fully saturated rings. The van der Waals surface area contributed by atoms with E-state index in [1.165, 1.54) is 0 Å². The van der Waals surface area contributed by atoms with Gasteiger partial charge in [-0.2, -0.15) is 0 Å². The van der Waals surface area contributed by atoms with E-state index in [1.807, 2.05) is 12.1 Å². The topological polar surface area (TPSA) is 58.2 Å². The molecule has 1 atom stereocenters. The molecule has 1 saturated carbocycles. The molecule has 19 heavy (non-hydrogen) atoms. The molecule has 2 rings (SSSR count). The van der Waals surface area contributed by atoms with Gasteiger partial charge in [-0.3, -0.25) is 0 Å². The maximum Gasteiger partial charge on any atom is 0.242 e. The highest BCUT2D eigenvalue weighted by atomic mass is 32.2. The molecule has 0 saturated heterocycles. The van der Waals surface area contributed by atoms with Crippen molar-refractivity contribution in [3.63, 3.8) is 0 Å². The Labute approximate surface area is 115 Å². The lowest BCUT2D eigenvalue weighted by molar-refractivity contribution is 0.581. The summed E-state index contributed by atoms with van der Waals surface area (Å²) in [5.74, 6) is 0. The minimum Gasteiger partial charge on any atom is -0.381 e. The average molecular weight is 282 g/mol. The first-order chi connectivity index (χ1) is 9.03. The van der Waals surface area contributed by atoms with Gasteiger partial charge in [0.25, 0.3) is 0 Å². The van der Waals surface area contributed by atoms with Crippen molar-refractivity contribution in [3.8, 4) is 0 Å². The van der Waals surface area contributed by atoms with Crippen molar-refractivity contribution in [1.82, 2.24) is 4.72 Å². The minimum absolute atomic E-state index is 0.131. The summed E-state index contributed by atoms with van der Waals surface area (Å²) in [5, 5.41) is 3.29. The van der Waals surface area contributed by atoms with E-state index in [0.717, 1.165) is 25.7 Å². The van der Waals surface area contributed by atoms with Crippen molar-refractivity contribution in [2.24, 2.45) is 0 Å². The third kappa shape index (κ3) is 3.94. The number of rotatable bonds is 7. The second-order valence-corrected chi connectivity index (χ2v) is 6.91. The van der Waals surface area contributed by atoms with E-state index in [-0.39, 0.29) is 12.1 Å². The maximum absolute atomic E-state index is 12.3. The number of nitrogens with one attached hydrogen (secondary N) is 2. The average Bonchev–Trinajstić information content (AvgIpc) is 3.13. The van der Waals surface area contributed by atoms with Gasteiger partial charge in [0.05, 0.1) is 5.69 Å². The van der Waals surface area contributed by atoms with E-state index in [2.05, 4.69) is 23.9 Å².